The second kappa shape index (κ2) is 4.33. The molecule has 0 atom stereocenters. The van der Waals surface area contributed by atoms with Crippen molar-refractivity contribution in [2.75, 3.05) is 0 Å². The Morgan fingerprint density at radius 1 is 1.15 bits per heavy atom. The Bertz CT molecular complexity index is 322. The number of hydrogen-bond donors (Lipinski definition) is 0. The Kier molecular flexibility index (Phi) is 3.12. The number of nitrogens with zero attached hydrogens (tertiary/aromatic N) is 1. The van der Waals surface area contributed by atoms with Gasteiger partial charge in [0.15, 0.2) is 0 Å². The van der Waals surface area contributed by atoms with Crippen LogP contribution in [-0.4, -0.2) is 0 Å². The van der Waals surface area contributed by atoms with Gasteiger partial charge in [0.2, 0.25) is 0 Å². The van der Waals surface area contributed by atoms with Crippen LogP contribution in [-0.2, 0) is 0 Å². The highest BCUT2D eigenvalue weighted by Gasteiger charge is 2.22. The zero-order chi connectivity index (χ0) is 9.68. The fourth-order valence-electron chi connectivity index (χ4n) is 1.27. The fraction of sp³-hybridized carbons (Fsp3) is 0.250. The third-order valence-corrected chi connectivity index (χ3v) is 2.13. The van der Waals surface area contributed by atoms with Crippen molar-refractivity contribution in [1.82, 2.24) is 0 Å². The van der Waals surface area contributed by atoms with E-state index in [0.717, 1.165) is 11.5 Å². The highest BCUT2D eigenvalue weighted by Crippen LogP contribution is 2.39. The zero-order valence-electron chi connectivity index (χ0n) is 7.40. The molecule has 0 aliphatic heterocycles. The third-order valence-electron chi connectivity index (χ3n) is 2.13. The van der Waals surface area contributed by atoms with E-state index >= 15 is 0 Å². The van der Waals surface area contributed by atoms with Crippen molar-refractivity contribution < 1.29 is 0 Å². The average Bonchev–Trinajstić information content (AvgIpc) is 3.05. The van der Waals surface area contributed by atoms with E-state index in [4.69, 9.17) is 11.7 Å². The van der Waals surface area contributed by atoms with Gasteiger partial charge in [-0.15, -0.1) is 6.42 Å². The molecule has 1 aliphatic carbocycles. The van der Waals surface area contributed by atoms with Gasteiger partial charge >= 0.3 is 0 Å². The summed E-state index contributed by atoms with van der Waals surface area (Å²) in [6.45, 7) is 3.50. The summed E-state index contributed by atoms with van der Waals surface area (Å²) in [5, 5.41) is 6.50. The molecule has 0 bridgehead atoms. The minimum atomic E-state index is 0.835. The summed E-state index contributed by atoms with van der Waals surface area (Å²) in [6.07, 6.45) is 7.95. The quantitative estimate of drug-likeness (QED) is 0.593. The molecule has 1 heteroatoms. The predicted molar refractivity (Wildman–Crippen MR) is 53.0 cm³/mol. The number of terminal acetylenes is 1. The van der Waals surface area contributed by atoms with Gasteiger partial charge in [0, 0.05) is 12.1 Å². The van der Waals surface area contributed by atoms with Crippen molar-refractivity contribution in [2.24, 2.45) is 0 Å². The van der Waals surface area contributed by atoms with Crippen molar-refractivity contribution in [1.29, 1.82) is 5.26 Å². The lowest BCUT2D eigenvalue weighted by molar-refractivity contribution is 1.13. The second-order valence-corrected chi connectivity index (χ2v) is 3.04. The Balaban J connectivity index is 0.000000396. The van der Waals surface area contributed by atoms with E-state index < -0.39 is 0 Å². The molecule has 1 aliphatic rings. The third kappa shape index (κ3) is 2.36. The van der Waals surface area contributed by atoms with E-state index in [9.17, 15) is 0 Å². The first-order chi connectivity index (χ1) is 6.40. The maximum atomic E-state index is 6.50. The van der Waals surface area contributed by atoms with Crippen LogP contribution in [0.4, 0.5) is 0 Å². The molecular weight excluding hydrogens is 158 g/mol. The molecule has 1 aromatic rings. The van der Waals surface area contributed by atoms with Crippen LogP contribution >= 0.6 is 0 Å². The summed E-state index contributed by atoms with van der Waals surface area (Å²) in [7, 11) is 0. The molecule has 1 fully saturated rings. The van der Waals surface area contributed by atoms with E-state index in [0.29, 0.717) is 0 Å². The Hall–Kier alpha value is -1.73. The largest absolute Gasteiger partial charge is 0.202 e. The first-order valence-corrected chi connectivity index (χ1v) is 4.22. The number of rotatable bonds is 1. The van der Waals surface area contributed by atoms with Crippen LogP contribution in [0.2, 0.25) is 0 Å². The van der Waals surface area contributed by atoms with E-state index in [1.54, 1.807) is 0 Å². The van der Waals surface area contributed by atoms with Gasteiger partial charge in [0.1, 0.15) is 0 Å². The lowest BCUT2D eigenvalue weighted by Crippen LogP contribution is -1.78. The molecule has 1 saturated carbocycles. The Morgan fingerprint density at radius 2 is 1.69 bits per heavy atom. The predicted octanol–water partition coefficient (Wildman–Crippen LogP) is 2.69. The molecule has 1 aromatic carbocycles. The molecule has 0 spiro atoms. The standard InChI is InChI=1S/C11H10.CHN/c1-2-9-3-5-10(6-4-9)11-7-8-11;1-2/h1,3-6,11H,7-8H2;1H. The van der Waals surface area contributed by atoms with Crippen LogP contribution in [0.5, 0.6) is 0 Å². The SMILES string of the molecule is C#Cc1ccc(C2CC2)cc1.C#N. The van der Waals surface area contributed by atoms with Gasteiger partial charge in [0.05, 0.1) is 0 Å². The van der Waals surface area contributed by atoms with Gasteiger partial charge in [-0.1, -0.05) is 18.1 Å². The molecule has 0 radical (unpaired) electrons. The fourth-order valence-corrected chi connectivity index (χ4v) is 1.27. The summed E-state index contributed by atoms with van der Waals surface area (Å²) < 4.78 is 0. The second-order valence-electron chi connectivity index (χ2n) is 3.04. The summed E-state index contributed by atoms with van der Waals surface area (Å²) in [5.41, 5.74) is 2.43. The minimum absolute atomic E-state index is 0.835. The number of hydrogen-bond acceptors (Lipinski definition) is 1. The monoisotopic (exact) mass is 169 g/mol. The van der Waals surface area contributed by atoms with E-state index in [-0.39, 0.29) is 0 Å². The van der Waals surface area contributed by atoms with Crippen molar-refractivity contribution in [3.63, 3.8) is 0 Å². The van der Waals surface area contributed by atoms with Crippen LogP contribution in [0.3, 0.4) is 0 Å². The average molecular weight is 169 g/mol. The molecule has 64 valence electrons. The molecule has 1 nitrogen and oxygen atoms in total. The van der Waals surface area contributed by atoms with Gasteiger partial charge < -0.3 is 0 Å². The summed E-state index contributed by atoms with van der Waals surface area (Å²) in [6, 6.07) is 8.33. The first kappa shape index (κ1) is 9.36. The molecule has 2 rings (SSSR count). The summed E-state index contributed by atoms with van der Waals surface area (Å²) >= 11 is 0. The maximum absolute atomic E-state index is 6.50. The van der Waals surface area contributed by atoms with E-state index in [2.05, 4.69) is 24.6 Å². The van der Waals surface area contributed by atoms with Crippen molar-refractivity contribution in [3.8, 4) is 18.9 Å². The van der Waals surface area contributed by atoms with Crippen LogP contribution < -0.4 is 0 Å². The van der Waals surface area contributed by atoms with Gasteiger partial charge in [-0.05, 0) is 36.5 Å². The molecule has 0 amide bonds. The summed E-state index contributed by atoms with van der Waals surface area (Å²) in [4.78, 5) is 0. The normalized spacial score (nSPS) is 13.6. The van der Waals surface area contributed by atoms with E-state index in [1.165, 1.54) is 18.4 Å². The lowest BCUT2D eigenvalue weighted by atomic mass is 10.1. The molecule has 0 aromatic heterocycles. The van der Waals surface area contributed by atoms with Crippen LogP contribution in [0.1, 0.15) is 29.9 Å². The molecule has 0 unspecified atom stereocenters. The molecule has 0 saturated heterocycles. The molecule has 0 N–H and O–H groups in total. The van der Waals surface area contributed by atoms with Gasteiger partial charge in [-0.25, -0.2) is 5.26 Å². The molecule has 13 heavy (non-hydrogen) atoms. The van der Waals surface area contributed by atoms with Crippen LogP contribution in [0, 0.1) is 24.2 Å². The summed E-state index contributed by atoms with van der Waals surface area (Å²) in [5.74, 6) is 3.45. The van der Waals surface area contributed by atoms with Gasteiger partial charge in [-0.3, -0.25) is 0 Å². The van der Waals surface area contributed by atoms with Crippen molar-refractivity contribution in [3.05, 3.63) is 35.4 Å². The van der Waals surface area contributed by atoms with Crippen LogP contribution in [0.15, 0.2) is 24.3 Å². The Labute approximate surface area is 79.0 Å². The van der Waals surface area contributed by atoms with Gasteiger partial charge in [0.25, 0.3) is 0 Å². The topological polar surface area (TPSA) is 23.8 Å². The number of nitriles is 1. The van der Waals surface area contributed by atoms with Crippen LogP contribution in [0.25, 0.3) is 0 Å². The zero-order valence-corrected chi connectivity index (χ0v) is 7.40. The maximum Gasteiger partial charge on any atom is 0.0462 e. The highest BCUT2D eigenvalue weighted by molar-refractivity contribution is 5.36. The first-order valence-electron chi connectivity index (χ1n) is 4.22. The minimum Gasteiger partial charge on any atom is -0.202 e. The molecule has 0 heterocycles. The number of benzene rings is 1. The lowest BCUT2D eigenvalue weighted by Gasteiger charge is -1.95. The van der Waals surface area contributed by atoms with Crippen molar-refractivity contribution >= 4 is 0 Å². The van der Waals surface area contributed by atoms with E-state index in [1.807, 2.05) is 12.1 Å². The molecular formula is C12H11N. The highest BCUT2D eigenvalue weighted by atomic mass is 14.3. The van der Waals surface area contributed by atoms with Crippen molar-refractivity contribution in [2.45, 2.75) is 18.8 Å². The smallest absolute Gasteiger partial charge is 0.0462 e. The Morgan fingerprint density at radius 3 is 2.08 bits per heavy atom. The van der Waals surface area contributed by atoms with Gasteiger partial charge in [-0.2, -0.15) is 0 Å².